The van der Waals surface area contributed by atoms with E-state index in [0.29, 0.717) is 13.1 Å². The molecule has 1 heterocycles. The molecule has 7 heteroatoms. The summed E-state index contributed by atoms with van der Waals surface area (Å²) >= 11 is 0. The molecule has 0 aliphatic carbocycles. The zero-order valence-electron chi connectivity index (χ0n) is 6.36. The number of hydrogen-bond donors (Lipinski definition) is 1. The average Bonchev–Trinajstić information content (AvgIpc) is 2.37. The summed E-state index contributed by atoms with van der Waals surface area (Å²) in [5.41, 5.74) is 0. The van der Waals surface area contributed by atoms with Gasteiger partial charge >= 0.3 is 0 Å². The van der Waals surface area contributed by atoms with Crippen molar-refractivity contribution in [1.29, 1.82) is 0 Å². The quantitative estimate of drug-likeness (QED) is 0.461. The highest BCUT2D eigenvalue weighted by Gasteiger charge is 2.20. The molecule has 0 aromatic carbocycles. The SMILES string of the molecule is O=[N+]([O-])/N=C1\NCCN1CCF. The third kappa shape index (κ3) is 2.04. The zero-order chi connectivity index (χ0) is 8.97. The molecule has 1 N–H and O–H groups in total. The van der Waals surface area contributed by atoms with Crippen molar-refractivity contribution in [3.63, 3.8) is 0 Å². The van der Waals surface area contributed by atoms with E-state index in [4.69, 9.17) is 0 Å². The van der Waals surface area contributed by atoms with Crippen LogP contribution in [0.15, 0.2) is 5.10 Å². The van der Waals surface area contributed by atoms with Crippen LogP contribution in [0.3, 0.4) is 0 Å². The smallest absolute Gasteiger partial charge is 0.271 e. The molecule has 68 valence electrons. The van der Waals surface area contributed by atoms with Crippen LogP contribution in [0.1, 0.15) is 0 Å². The molecule has 0 bridgehead atoms. The normalized spacial score (nSPS) is 19.8. The fraction of sp³-hybridized carbons (Fsp3) is 0.800. The lowest BCUT2D eigenvalue weighted by Gasteiger charge is -2.11. The molecule has 0 atom stereocenters. The monoisotopic (exact) mass is 176 g/mol. The van der Waals surface area contributed by atoms with Crippen LogP contribution in [0.4, 0.5) is 4.39 Å². The predicted octanol–water partition coefficient (Wildman–Crippen LogP) is -0.591. The molecule has 1 fully saturated rings. The van der Waals surface area contributed by atoms with Crippen molar-refractivity contribution in [2.45, 2.75) is 0 Å². The van der Waals surface area contributed by atoms with Gasteiger partial charge in [0.2, 0.25) is 0 Å². The highest BCUT2D eigenvalue weighted by molar-refractivity contribution is 5.81. The van der Waals surface area contributed by atoms with Crippen LogP contribution < -0.4 is 5.32 Å². The number of nitrogens with one attached hydrogen (secondary N) is 1. The summed E-state index contributed by atoms with van der Waals surface area (Å²) in [6, 6.07) is 0. The van der Waals surface area contributed by atoms with Gasteiger partial charge in [0, 0.05) is 19.6 Å². The number of hydrazone groups is 1. The Kier molecular flexibility index (Phi) is 2.78. The summed E-state index contributed by atoms with van der Waals surface area (Å²) in [5.74, 6) is 0.151. The van der Waals surface area contributed by atoms with E-state index in [2.05, 4.69) is 10.4 Å². The summed E-state index contributed by atoms with van der Waals surface area (Å²) in [7, 11) is 0. The van der Waals surface area contributed by atoms with Gasteiger partial charge in [-0.05, 0) is 0 Å². The van der Waals surface area contributed by atoms with Crippen LogP contribution in [0.5, 0.6) is 0 Å². The fourth-order valence-electron chi connectivity index (χ4n) is 1.02. The third-order valence-electron chi connectivity index (χ3n) is 1.50. The fourth-order valence-corrected chi connectivity index (χ4v) is 1.02. The Balaban J connectivity index is 2.57. The number of halogens is 1. The van der Waals surface area contributed by atoms with Crippen LogP contribution in [-0.4, -0.2) is 42.2 Å². The topological polar surface area (TPSA) is 70.8 Å². The molecule has 0 saturated carbocycles. The van der Waals surface area contributed by atoms with Gasteiger partial charge in [0.15, 0.2) is 5.03 Å². The van der Waals surface area contributed by atoms with E-state index in [1.165, 1.54) is 4.90 Å². The van der Waals surface area contributed by atoms with Crippen LogP contribution in [0, 0.1) is 10.1 Å². The molecule has 1 rings (SSSR count). The lowest BCUT2D eigenvalue weighted by Crippen LogP contribution is -2.32. The number of guanidine groups is 1. The van der Waals surface area contributed by atoms with E-state index < -0.39 is 11.7 Å². The van der Waals surface area contributed by atoms with Gasteiger partial charge in [0.05, 0.1) is 0 Å². The Morgan fingerprint density at radius 1 is 1.83 bits per heavy atom. The minimum Gasteiger partial charge on any atom is -0.349 e. The van der Waals surface area contributed by atoms with Crippen molar-refractivity contribution >= 4 is 5.96 Å². The molecule has 1 aliphatic heterocycles. The van der Waals surface area contributed by atoms with Crippen molar-refractivity contribution in [2.24, 2.45) is 5.10 Å². The van der Waals surface area contributed by atoms with Crippen molar-refractivity contribution < 1.29 is 9.42 Å². The van der Waals surface area contributed by atoms with E-state index in [0.717, 1.165) is 0 Å². The number of nitrogens with zero attached hydrogens (tertiary/aromatic N) is 3. The summed E-state index contributed by atoms with van der Waals surface area (Å²) in [6.45, 7) is 0.765. The Hall–Kier alpha value is -1.40. The van der Waals surface area contributed by atoms with Crippen LogP contribution in [0.25, 0.3) is 0 Å². The van der Waals surface area contributed by atoms with Crippen LogP contribution in [0.2, 0.25) is 0 Å². The van der Waals surface area contributed by atoms with Crippen LogP contribution >= 0.6 is 0 Å². The first-order valence-corrected chi connectivity index (χ1v) is 3.52. The predicted molar refractivity (Wildman–Crippen MR) is 40.0 cm³/mol. The maximum atomic E-state index is 11.9. The van der Waals surface area contributed by atoms with Gasteiger partial charge in [-0.15, -0.1) is 0 Å². The van der Waals surface area contributed by atoms with Crippen molar-refractivity contribution in [3.05, 3.63) is 10.1 Å². The first-order chi connectivity index (χ1) is 5.74. The molecule has 6 nitrogen and oxygen atoms in total. The Labute approximate surface area is 68.2 Å². The summed E-state index contributed by atoms with van der Waals surface area (Å²) in [6.07, 6.45) is 0. The van der Waals surface area contributed by atoms with E-state index >= 15 is 0 Å². The first kappa shape index (κ1) is 8.69. The molecule has 1 saturated heterocycles. The van der Waals surface area contributed by atoms with Crippen LogP contribution in [-0.2, 0) is 0 Å². The molecular formula is C5H9FN4O2. The minimum absolute atomic E-state index is 0.151. The molecule has 1 aliphatic rings. The van der Waals surface area contributed by atoms with Gasteiger partial charge in [-0.25, -0.2) is 14.5 Å². The maximum Gasteiger partial charge on any atom is 0.271 e. The van der Waals surface area contributed by atoms with Crippen molar-refractivity contribution in [3.8, 4) is 0 Å². The molecule has 0 spiro atoms. The van der Waals surface area contributed by atoms with Gasteiger partial charge in [0.1, 0.15) is 11.8 Å². The standard InChI is InChI=1S/C5H9FN4O2/c6-1-3-9-4-2-7-5(9)8-10(11)12/h1-4H2,(H,7,8). The highest BCUT2D eigenvalue weighted by Crippen LogP contribution is 1.96. The molecule has 0 radical (unpaired) electrons. The third-order valence-corrected chi connectivity index (χ3v) is 1.50. The zero-order valence-corrected chi connectivity index (χ0v) is 6.36. The van der Waals surface area contributed by atoms with E-state index in [1.54, 1.807) is 0 Å². The molecular weight excluding hydrogens is 167 g/mol. The lowest BCUT2D eigenvalue weighted by atomic mass is 10.6. The van der Waals surface area contributed by atoms with Gasteiger partial charge in [-0.1, -0.05) is 0 Å². The number of hydrogen-bond acceptors (Lipinski definition) is 2. The molecule has 0 aromatic heterocycles. The minimum atomic E-state index is -0.793. The Bertz CT molecular complexity index is 208. The van der Waals surface area contributed by atoms with E-state index in [-0.39, 0.29) is 12.5 Å². The molecule has 0 unspecified atom stereocenters. The molecule has 0 aromatic rings. The van der Waals surface area contributed by atoms with Gasteiger partial charge in [-0.2, -0.15) is 0 Å². The second kappa shape index (κ2) is 3.84. The summed E-state index contributed by atoms with van der Waals surface area (Å²) in [4.78, 5) is 11.5. The average molecular weight is 176 g/mol. The van der Waals surface area contributed by atoms with Gasteiger partial charge in [-0.3, -0.25) is 0 Å². The summed E-state index contributed by atoms with van der Waals surface area (Å²) < 4.78 is 11.9. The number of nitro groups is 1. The first-order valence-electron chi connectivity index (χ1n) is 3.52. The molecule has 0 amide bonds. The van der Waals surface area contributed by atoms with Crippen molar-refractivity contribution in [1.82, 2.24) is 10.2 Å². The Morgan fingerprint density at radius 3 is 3.17 bits per heavy atom. The van der Waals surface area contributed by atoms with E-state index in [9.17, 15) is 14.5 Å². The maximum absolute atomic E-state index is 11.9. The highest BCUT2D eigenvalue weighted by atomic mass is 19.1. The largest absolute Gasteiger partial charge is 0.349 e. The Morgan fingerprint density at radius 2 is 2.58 bits per heavy atom. The lowest BCUT2D eigenvalue weighted by molar-refractivity contribution is -0.485. The van der Waals surface area contributed by atoms with E-state index in [1.807, 2.05) is 0 Å². The summed E-state index contributed by atoms with van der Waals surface area (Å²) in [5, 5.41) is 14.9. The number of alkyl halides is 1. The number of rotatable bonds is 3. The van der Waals surface area contributed by atoms with Gasteiger partial charge in [0.25, 0.3) is 5.96 Å². The second-order valence-corrected chi connectivity index (χ2v) is 2.26. The van der Waals surface area contributed by atoms with Crippen molar-refractivity contribution in [2.75, 3.05) is 26.3 Å². The molecule has 12 heavy (non-hydrogen) atoms. The van der Waals surface area contributed by atoms with Gasteiger partial charge < -0.3 is 10.2 Å². The second-order valence-electron chi connectivity index (χ2n) is 2.26.